The van der Waals surface area contributed by atoms with Crippen LogP contribution in [0.2, 0.25) is 0 Å². The van der Waals surface area contributed by atoms with Gasteiger partial charge >= 0.3 is 0 Å². The van der Waals surface area contributed by atoms with Crippen LogP contribution in [0.25, 0.3) is 0 Å². The smallest absolute Gasteiger partial charge is 0.267 e. The third kappa shape index (κ3) is 3.31. The first kappa shape index (κ1) is 16.9. The standard InChI is InChI=1S/C16H17N3O6/c1-9-16(23)18(2)11-5-10(3-4-12(11)25-9)17-13(20)6-19-14(21)7-24-8-15(19)22/h3-5,9H,6-8H2,1-2H3,(H,17,20). The minimum absolute atomic E-state index is 0.194. The molecule has 1 aromatic rings. The monoisotopic (exact) mass is 347 g/mol. The fourth-order valence-corrected chi connectivity index (χ4v) is 2.63. The second-order valence-electron chi connectivity index (χ2n) is 5.75. The summed E-state index contributed by atoms with van der Waals surface area (Å²) in [6.07, 6.45) is -0.573. The van der Waals surface area contributed by atoms with E-state index in [0.29, 0.717) is 17.1 Å². The van der Waals surface area contributed by atoms with E-state index in [1.165, 1.54) is 4.90 Å². The second-order valence-corrected chi connectivity index (χ2v) is 5.75. The Morgan fingerprint density at radius 3 is 2.60 bits per heavy atom. The molecule has 2 heterocycles. The van der Waals surface area contributed by atoms with Gasteiger partial charge in [0.25, 0.3) is 17.7 Å². The van der Waals surface area contributed by atoms with E-state index in [0.717, 1.165) is 4.90 Å². The number of fused-ring (bicyclic) bond motifs is 1. The van der Waals surface area contributed by atoms with Crippen molar-refractivity contribution in [2.24, 2.45) is 0 Å². The molecule has 2 aliphatic heterocycles. The maximum atomic E-state index is 12.1. The quantitative estimate of drug-likeness (QED) is 0.756. The minimum atomic E-state index is -0.573. The average Bonchev–Trinajstić information content (AvgIpc) is 2.57. The van der Waals surface area contributed by atoms with E-state index in [2.05, 4.69) is 5.32 Å². The van der Waals surface area contributed by atoms with Crippen LogP contribution in [-0.2, 0) is 23.9 Å². The lowest BCUT2D eigenvalue weighted by molar-refractivity contribution is -0.159. The number of imide groups is 1. The number of likely N-dealkylation sites (N-methyl/N-ethyl adjacent to an activating group) is 1. The van der Waals surface area contributed by atoms with Crippen molar-refractivity contribution >= 4 is 35.0 Å². The van der Waals surface area contributed by atoms with Crippen molar-refractivity contribution in [3.05, 3.63) is 18.2 Å². The number of hydrogen-bond acceptors (Lipinski definition) is 6. The average molecular weight is 347 g/mol. The normalized spacial score (nSPS) is 20.2. The molecule has 4 amide bonds. The van der Waals surface area contributed by atoms with Crippen molar-refractivity contribution in [3.8, 4) is 5.75 Å². The molecule has 1 N–H and O–H groups in total. The van der Waals surface area contributed by atoms with Crippen molar-refractivity contribution in [1.29, 1.82) is 0 Å². The van der Waals surface area contributed by atoms with Crippen molar-refractivity contribution in [1.82, 2.24) is 4.90 Å². The first-order chi connectivity index (χ1) is 11.9. The molecule has 1 fully saturated rings. The lowest BCUT2D eigenvalue weighted by atomic mass is 10.2. The van der Waals surface area contributed by atoms with Crippen LogP contribution in [0.15, 0.2) is 18.2 Å². The molecular weight excluding hydrogens is 330 g/mol. The molecule has 3 rings (SSSR count). The highest BCUT2D eigenvalue weighted by Gasteiger charge is 2.30. The maximum absolute atomic E-state index is 12.1. The molecule has 1 aromatic carbocycles. The Morgan fingerprint density at radius 1 is 1.24 bits per heavy atom. The number of benzene rings is 1. The first-order valence-electron chi connectivity index (χ1n) is 7.66. The molecule has 25 heavy (non-hydrogen) atoms. The predicted octanol–water partition coefficient (Wildman–Crippen LogP) is -0.246. The Hall–Kier alpha value is -2.94. The number of morpholine rings is 1. The van der Waals surface area contributed by atoms with Gasteiger partial charge in [0.2, 0.25) is 5.91 Å². The van der Waals surface area contributed by atoms with Crippen LogP contribution in [0.5, 0.6) is 5.75 Å². The van der Waals surface area contributed by atoms with Crippen molar-refractivity contribution in [2.75, 3.05) is 37.0 Å². The van der Waals surface area contributed by atoms with Crippen molar-refractivity contribution in [3.63, 3.8) is 0 Å². The summed E-state index contributed by atoms with van der Waals surface area (Å²) in [6, 6.07) is 4.87. The Labute approximate surface area is 143 Å². The zero-order valence-corrected chi connectivity index (χ0v) is 13.8. The van der Waals surface area contributed by atoms with Gasteiger partial charge in [0.1, 0.15) is 25.5 Å². The fraction of sp³-hybridized carbons (Fsp3) is 0.375. The van der Waals surface area contributed by atoms with Crippen molar-refractivity contribution < 1.29 is 28.7 Å². The van der Waals surface area contributed by atoms with E-state index in [9.17, 15) is 19.2 Å². The molecule has 0 radical (unpaired) electrons. The van der Waals surface area contributed by atoms with E-state index in [-0.39, 0.29) is 25.7 Å². The highest BCUT2D eigenvalue weighted by Crippen LogP contribution is 2.35. The van der Waals surface area contributed by atoms with Gasteiger partial charge in [0, 0.05) is 12.7 Å². The van der Waals surface area contributed by atoms with Crippen LogP contribution in [-0.4, -0.2) is 61.4 Å². The summed E-state index contributed by atoms with van der Waals surface area (Å²) in [5.74, 6) is -1.29. The molecule has 9 heteroatoms. The highest BCUT2D eigenvalue weighted by atomic mass is 16.5. The minimum Gasteiger partial charge on any atom is -0.479 e. The largest absolute Gasteiger partial charge is 0.479 e. The van der Waals surface area contributed by atoms with Gasteiger partial charge in [-0.1, -0.05) is 0 Å². The van der Waals surface area contributed by atoms with Gasteiger partial charge in [-0.3, -0.25) is 24.1 Å². The number of nitrogens with one attached hydrogen (secondary N) is 1. The van der Waals surface area contributed by atoms with Crippen LogP contribution >= 0.6 is 0 Å². The molecule has 0 saturated carbocycles. The van der Waals surface area contributed by atoms with Gasteiger partial charge in [0.05, 0.1) is 5.69 Å². The SMILES string of the molecule is CC1Oc2ccc(NC(=O)CN3C(=O)COCC3=O)cc2N(C)C1=O. The number of anilines is 2. The lowest BCUT2D eigenvalue weighted by Crippen LogP contribution is -2.49. The number of hydrogen-bond donors (Lipinski definition) is 1. The Morgan fingerprint density at radius 2 is 1.92 bits per heavy atom. The molecule has 0 spiro atoms. The fourth-order valence-electron chi connectivity index (χ4n) is 2.63. The topological polar surface area (TPSA) is 105 Å². The zero-order valence-electron chi connectivity index (χ0n) is 13.8. The molecule has 0 aromatic heterocycles. The summed E-state index contributed by atoms with van der Waals surface area (Å²) in [5, 5.41) is 2.61. The molecule has 2 aliphatic rings. The summed E-state index contributed by atoms with van der Waals surface area (Å²) in [7, 11) is 1.62. The van der Waals surface area contributed by atoms with E-state index < -0.39 is 23.8 Å². The Bertz CT molecular complexity index is 746. The molecule has 1 unspecified atom stereocenters. The maximum Gasteiger partial charge on any atom is 0.267 e. The number of amides is 4. The molecule has 1 atom stereocenters. The van der Waals surface area contributed by atoms with Gasteiger partial charge in [-0.05, 0) is 25.1 Å². The summed E-state index contributed by atoms with van der Waals surface area (Å²) in [6.45, 7) is 0.828. The summed E-state index contributed by atoms with van der Waals surface area (Å²) < 4.78 is 10.3. The number of carbonyl (C=O) groups excluding carboxylic acids is 4. The van der Waals surface area contributed by atoms with E-state index in [4.69, 9.17) is 9.47 Å². The lowest BCUT2D eigenvalue weighted by Gasteiger charge is -2.30. The summed E-state index contributed by atoms with van der Waals surface area (Å²) in [4.78, 5) is 49.7. The molecule has 0 aliphatic carbocycles. The number of rotatable bonds is 3. The van der Waals surface area contributed by atoms with Crippen LogP contribution in [0.4, 0.5) is 11.4 Å². The molecule has 9 nitrogen and oxygen atoms in total. The Balaban J connectivity index is 1.71. The van der Waals surface area contributed by atoms with Gasteiger partial charge in [-0.25, -0.2) is 0 Å². The van der Waals surface area contributed by atoms with E-state index in [1.54, 1.807) is 32.2 Å². The summed E-state index contributed by atoms with van der Waals surface area (Å²) in [5.41, 5.74) is 0.953. The molecule has 0 bridgehead atoms. The zero-order chi connectivity index (χ0) is 18.1. The number of carbonyl (C=O) groups is 4. The summed E-state index contributed by atoms with van der Waals surface area (Å²) >= 11 is 0. The molecular formula is C16H17N3O6. The molecule has 132 valence electrons. The third-order valence-corrected chi connectivity index (χ3v) is 3.94. The van der Waals surface area contributed by atoms with Gasteiger partial charge in [-0.15, -0.1) is 0 Å². The van der Waals surface area contributed by atoms with Crippen LogP contribution in [0.3, 0.4) is 0 Å². The first-order valence-corrected chi connectivity index (χ1v) is 7.66. The van der Waals surface area contributed by atoms with E-state index in [1.807, 2.05) is 0 Å². The Kier molecular flexibility index (Phi) is 4.41. The molecule has 1 saturated heterocycles. The third-order valence-electron chi connectivity index (χ3n) is 3.94. The van der Waals surface area contributed by atoms with Crippen LogP contribution in [0.1, 0.15) is 6.92 Å². The van der Waals surface area contributed by atoms with Crippen molar-refractivity contribution in [2.45, 2.75) is 13.0 Å². The van der Waals surface area contributed by atoms with Crippen LogP contribution in [0, 0.1) is 0 Å². The number of ether oxygens (including phenoxy) is 2. The number of nitrogens with zero attached hydrogens (tertiary/aromatic N) is 2. The predicted molar refractivity (Wildman–Crippen MR) is 86.1 cm³/mol. The highest BCUT2D eigenvalue weighted by molar-refractivity contribution is 6.04. The second kappa shape index (κ2) is 6.52. The van der Waals surface area contributed by atoms with E-state index >= 15 is 0 Å². The van der Waals surface area contributed by atoms with Gasteiger partial charge in [-0.2, -0.15) is 0 Å². The van der Waals surface area contributed by atoms with Crippen LogP contribution < -0.4 is 15.0 Å². The van der Waals surface area contributed by atoms with Gasteiger partial charge < -0.3 is 19.7 Å². The van der Waals surface area contributed by atoms with Gasteiger partial charge in [0.15, 0.2) is 6.10 Å².